The second-order valence-corrected chi connectivity index (χ2v) is 7.15. The number of hydrogen-bond acceptors (Lipinski definition) is 6. The molecule has 0 unspecified atom stereocenters. The molecule has 0 heterocycles. The van der Waals surface area contributed by atoms with Crippen LogP contribution in [0.15, 0.2) is 72.8 Å². The third kappa shape index (κ3) is 8.10. The summed E-state index contributed by atoms with van der Waals surface area (Å²) in [6, 6.07) is 20.3. The second-order valence-electron chi connectivity index (χ2n) is 7.15. The lowest BCUT2D eigenvalue weighted by molar-refractivity contribution is 0.155. The van der Waals surface area contributed by atoms with Gasteiger partial charge < -0.3 is 24.4 Å². The predicted molar refractivity (Wildman–Crippen MR) is 121 cm³/mol. The Labute approximate surface area is 187 Å². The number of aromatic hydroxyl groups is 2. The van der Waals surface area contributed by atoms with Gasteiger partial charge in [-0.3, -0.25) is 5.32 Å². The minimum atomic E-state index is -0.573. The van der Waals surface area contributed by atoms with Crippen LogP contribution in [0.5, 0.6) is 23.0 Å². The van der Waals surface area contributed by atoms with E-state index in [1.165, 1.54) is 0 Å². The van der Waals surface area contributed by atoms with Gasteiger partial charge in [0.1, 0.15) is 29.6 Å². The fraction of sp³-hybridized carbons (Fsp3) is 0.240. The van der Waals surface area contributed by atoms with Gasteiger partial charge in [0.2, 0.25) is 0 Å². The molecule has 0 aliphatic rings. The summed E-state index contributed by atoms with van der Waals surface area (Å²) in [7, 11) is 0. The van der Waals surface area contributed by atoms with Crippen LogP contribution in [-0.4, -0.2) is 29.5 Å². The van der Waals surface area contributed by atoms with E-state index in [4.69, 9.17) is 14.2 Å². The normalized spacial score (nSPS) is 10.4. The van der Waals surface area contributed by atoms with Crippen LogP contribution in [0.1, 0.15) is 24.8 Å². The molecule has 0 aliphatic carbocycles. The Bertz CT molecular complexity index is 972. The van der Waals surface area contributed by atoms with E-state index in [2.05, 4.69) is 5.32 Å². The summed E-state index contributed by atoms with van der Waals surface area (Å²) < 4.78 is 16.5. The Morgan fingerprint density at radius 2 is 1.38 bits per heavy atom. The van der Waals surface area contributed by atoms with Crippen molar-refractivity contribution in [1.29, 1.82) is 0 Å². The van der Waals surface area contributed by atoms with Crippen molar-refractivity contribution < 1.29 is 29.2 Å². The Kier molecular flexibility index (Phi) is 8.62. The SMILES string of the molecule is O=C(Nc1ccc(OCCCCCOc2ccc(O)cc2)cc1)OCc1cccc(O)c1. The van der Waals surface area contributed by atoms with E-state index in [0.29, 0.717) is 24.5 Å². The molecule has 168 valence electrons. The van der Waals surface area contributed by atoms with Gasteiger partial charge in [-0.2, -0.15) is 0 Å². The number of amides is 1. The predicted octanol–water partition coefficient (Wildman–Crippen LogP) is 5.47. The lowest BCUT2D eigenvalue weighted by atomic mass is 10.2. The fourth-order valence-corrected chi connectivity index (χ4v) is 2.89. The monoisotopic (exact) mass is 437 g/mol. The second kappa shape index (κ2) is 12.1. The van der Waals surface area contributed by atoms with Gasteiger partial charge in [0, 0.05) is 5.69 Å². The topological polar surface area (TPSA) is 97.3 Å². The minimum absolute atomic E-state index is 0.0708. The maximum Gasteiger partial charge on any atom is 0.411 e. The molecule has 1 amide bonds. The first-order chi connectivity index (χ1) is 15.6. The molecular formula is C25H27NO6. The van der Waals surface area contributed by atoms with Crippen LogP contribution in [-0.2, 0) is 11.3 Å². The zero-order valence-electron chi connectivity index (χ0n) is 17.7. The molecule has 0 radical (unpaired) electrons. The zero-order valence-corrected chi connectivity index (χ0v) is 17.7. The molecule has 0 bridgehead atoms. The molecule has 3 rings (SSSR count). The molecule has 7 heteroatoms. The number of carbonyl (C=O) groups is 1. The number of phenolic OH excluding ortho intramolecular Hbond substituents is 2. The highest BCUT2D eigenvalue weighted by Gasteiger charge is 2.05. The minimum Gasteiger partial charge on any atom is -0.508 e. The van der Waals surface area contributed by atoms with Crippen LogP contribution in [0.3, 0.4) is 0 Å². The van der Waals surface area contributed by atoms with Crippen molar-refractivity contribution in [2.75, 3.05) is 18.5 Å². The van der Waals surface area contributed by atoms with Crippen molar-refractivity contribution in [3.63, 3.8) is 0 Å². The van der Waals surface area contributed by atoms with Crippen molar-refractivity contribution in [3.05, 3.63) is 78.4 Å². The first-order valence-electron chi connectivity index (χ1n) is 10.4. The summed E-state index contributed by atoms with van der Waals surface area (Å²) in [6.45, 7) is 1.28. The van der Waals surface area contributed by atoms with Crippen molar-refractivity contribution in [2.45, 2.75) is 25.9 Å². The lowest BCUT2D eigenvalue weighted by Gasteiger charge is -2.09. The molecule has 0 saturated carbocycles. The molecule has 0 aromatic heterocycles. The van der Waals surface area contributed by atoms with Crippen LogP contribution in [0.4, 0.5) is 10.5 Å². The van der Waals surface area contributed by atoms with Crippen LogP contribution < -0.4 is 14.8 Å². The first-order valence-corrected chi connectivity index (χ1v) is 10.4. The maximum atomic E-state index is 11.9. The average Bonchev–Trinajstić information content (AvgIpc) is 2.79. The van der Waals surface area contributed by atoms with Gasteiger partial charge in [-0.05, 0) is 85.5 Å². The number of benzene rings is 3. The molecule has 3 aromatic rings. The summed E-state index contributed by atoms with van der Waals surface area (Å²) in [6.07, 6.45) is 2.22. The smallest absolute Gasteiger partial charge is 0.411 e. The molecule has 0 aliphatic heterocycles. The third-order valence-electron chi connectivity index (χ3n) is 4.54. The Balaban J connectivity index is 1.27. The molecule has 3 N–H and O–H groups in total. The highest BCUT2D eigenvalue weighted by atomic mass is 16.5. The van der Waals surface area contributed by atoms with E-state index < -0.39 is 6.09 Å². The summed E-state index contributed by atoms with van der Waals surface area (Å²) in [5.41, 5.74) is 1.31. The van der Waals surface area contributed by atoms with Gasteiger partial charge in [-0.1, -0.05) is 12.1 Å². The molecule has 3 aromatic carbocycles. The summed E-state index contributed by atoms with van der Waals surface area (Å²) in [5.74, 6) is 1.83. The molecule has 0 spiro atoms. The zero-order chi connectivity index (χ0) is 22.6. The highest BCUT2D eigenvalue weighted by Crippen LogP contribution is 2.18. The number of unbranched alkanes of at least 4 members (excludes halogenated alkanes) is 2. The number of phenols is 2. The number of carbonyl (C=O) groups excluding carboxylic acids is 1. The molecule has 0 atom stereocenters. The van der Waals surface area contributed by atoms with E-state index in [-0.39, 0.29) is 18.1 Å². The van der Waals surface area contributed by atoms with Crippen molar-refractivity contribution >= 4 is 11.8 Å². The lowest BCUT2D eigenvalue weighted by Crippen LogP contribution is -2.13. The van der Waals surface area contributed by atoms with Crippen LogP contribution in [0, 0.1) is 0 Å². The van der Waals surface area contributed by atoms with E-state index in [9.17, 15) is 15.0 Å². The van der Waals surface area contributed by atoms with E-state index in [1.807, 2.05) is 0 Å². The quantitative estimate of drug-likeness (QED) is 0.344. The molecular weight excluding hydrogens is 410 g/mol. The largest absolute Gasteiger partial charge is 0.508 e. The number of hydrogen-bond donors (Lipinski definition) is 3. The average molecular weight is 437 g/mol. The van der Waals surface area contributed by atoms with Gasteiger partial charge in [0.15, 0.2) is 0 Å². The summed E-state index contributed by atoms with van der Waals surface area (Å²) in [5, 5.41) is 21.3. The Morgan fingerprint density at radius 1 is 0.750 bits per heavy atom. The van der Waals surface area contributed by atoms with Gasteiger partial charge >= 0.3 is 6.09 Å². The standard InChI is InChI=1S/C25H27NO6/c27-21-9-13-24(14-10-21)31-16-3-1-2-15-30-23-11-7-20(8-12-23)26-25(29)32-18-19-5-4-6-22(28)17-19/h4-14,17,27-28H,1-3,15-16,18H2,(H,26,29). The fourth-order valence-electron chi connectivity index (χ4n) is 2.89. The van der Waals surface area contributed by atoms with Crippen LogP contribution in [0.25, 0.3) is 0 Å². The van der Waals surface area contributed by atoms with E-state index >= 15 is 0 Å². The Hall–Kier alpha value is -3.87. The first kappa shape index (κ1) is 22.8. The molecule has 32 heavy (non-hydrogen) atoms. The Morgan fingerprint density at radius 3 is 2.00 bits per heavy atom. The van der Waals surface area contributed by atoms with E-state index in [0.717, 1.165) is 30.8 Å². The maximum absolute atomic E-state index is 11.9. The number of ether oxygens (including phenoxy) is 3. The molecule has 0 fully saturated rings. The summed E-state index contributed by atoms with van der Waals surface area (Å²) in [4.78, 5) is 11.9. The third-order valence-corrected chi connectivity index (χ3v) is 4.54. The van der Waals surface area contributed by atoms with Gasteiger partial charge in [-0.15, -0.1) is 0 Å². The van der Waals surface area contributed by atoms with Crippen molar-refractivity contribution in [2.24, 2.45) is 0 Å². The number of anilines is 1. The van der Waals surface area contributed by atoms with Crippen LogP contribution in [0.2, 0.25) is 0 Å². The van der Waals surface area contributed by atoms with Crippen molar-refractivity contribution in [3.8, 4) is 23.0 Å². The molecule has 0 saturated heterocycles. The molecule has 7 nitrogen and oxygen atoms in total. The number of nitrogens with one attached hydrogen (secondary N) is 1. The van der Waals surface area contributed by atoms with Crippen molar-refractivity contribution in [1.82, 2.24) is 0 Å². The van der Waals surface area contributed by atoms with E-state index in [1.54, 1.807) is 72.8 Å². The highest BCUT2D eigenvalue weighted by molar-refractivity contribution is 5.84. The van der Waals surface area contributed by atoms with Gasteiger partial charge in [0.25, 0.3) is 0 Å². The van der Waals surface area contributed by atoms with Crippen LogP contribution >= 0.6 is 0 Å². The van der Waals surface area contributed by atoms with Gasteiger partial charge in [-0.25, -0.2) is 4.79 Å². The van der Waals surface area contributed by atoms with Gasteiger partial charge in [0.05, 0.1) is 13.2 Å². The summed E-state index contributed by atoms with van der Waals surface area (Å²) >= 11 is 0. The number of rotatable bonds is 11.